The third-order valence-corrected chi connectivity index (χ3v) is 4.03. The molecule has 1 heterocycles. The predicted octanol–water partition coefficient (Wildman–Crippen LogP) is 1.68. The van der Waals surface area contributed by atoms with Gasteiger partial charge in [0.15, 0.2) is 0 Å². The number of hydrogen-bond acceptors (Lipinski definition) is 4. The molecule has 20 heavy (non-hydrogen) atoms. The molecule has 0 spiro atoms. The quantitative estimate of drug-likeness (QED) is 0.855. The standard InChI is InChI=1S/C13H17NO5S/c15-13(19-9-11-5-2-1-3-6-11)14-8-4-7-12(14)10-20(16,17)18/h1-3,5-6,12H,4,7-10H2,(H,16,17,18). The first-order chi connectivity index (χ1) is 9.46. The van der Waals surface area contributed by atoms with Gasteiger partial charge in [-0.2, -0.15) is 8.42 Å². The highest BCUT2D eigenvalue weighted by molar-refractivity contribution is 7.85. The lowest BCUT2D eigenvalue weighted by Crippen LogP contribution is -2.39. The van der Waals surface area contributed by atoms with E-state index >= 15 is 0 Å². The zero-order valence-corrected chi connectivity index (χ0v) is 11.8. The van der Waals surface area contributed by atoms with Crippen molar-refractivity contribution in [2.45, 2.75) is 25.5 Å². The predicted molar refractivity (Wildman–Crippen MR) is 72.8 cm³/mol. The molecule has 0 saturated carbocycles. The Morgan fingerprint density at radius 3 is 2.70 bits per heavy atom. The maximum Gasteiger partial charge on any atom is 0.410 e. The molecule has 1 aromatic rings. The molecule has 1 aliphatic rings. The molecule has 110 valence electrons. The van der Waals surface area contributed by atoms with Crippen LogP contribution in [0.4, 0.5) is 4.79 Å². The normalized spacial score (nSPS) is 19.1. The molecule has 1 amide bonds. The maximum absolute atomic E-state index is 11.9. The van der Waals surface area contributed by atoms with E-state index in [1.165, 1.54) is 4.90 Å². The lowest BCUT2D eigenvalue weighted by molar-refractivity contribution is 0.0946. The molecule has 1 unspecified atom stereocenters. The Labute approximate surface area is 118 Å². The topological polar surface area (TPSA) is 83.9 Å². The fraction of sp³-hybridized carbons (Fsp3) is 0.462. The summed E-state index contributed by atoms with van der Waals surface area (Å²) in [5, 5.41) is 0. The van der Waals surface area contributed by atoms with E-state index in [4.69, 9.17) is 9.29 Å². The lowest BCUT2D eigenvalue weighted by Gasteiger charge is -2.22. The van der Waals surface area contributed by atoms with Crippen molar-refractivity contribution >= 4 is 16.2 Å². The molecule has 6 nitrogen and oxygen atoms in total. The molecule has 7 heteroatoms. The van der Waals surface area contributed by atoms with Gasteiger partial charge in [0.05, 0.1) is 11.8 Å². The average molecular weight is 299 g/mol. The zero-order valence-electron chi connectivity index (χ0n) is 10.9. The highest BCUT2D eigenvalue weighted by Gasteiger charge is 2.32. The first kappa shape index (κ1) is 14.8. The molecule has 1 aliphatic heterocycles. The van der Waals surface area contributed by atoms with Crippen LogP contribution in [0.5, 0.6) is 0 Å². The summed E-state index contributed by atoms with van der Waals surface area (Å²) in [7, 11) is -4.09. The number of carbonyl (C=O) groups excluding carboxylic acids is 1. The van der Waals surface area contributed by atoms with E-state index < -0.39 is 28.0 Å². The summed E-state index contributed by atoms with van der Waals surface area (Å²) in [5.74, 6) is -0.437. The van der Waals surface area contributed by atoms with E-state index in [1.54, 1.807) is 0 Å². The summed E-state index contributed by atoms with van der Waals surface area (Å²) < 4.78 is 35.9. The number of rotatable bonds is 4. The van der Waals surface area contributed by atoms with E-state index in [0.29, 0.717) is 19.4 Å². The van der Waals surface area contributed by atoms with E-state index in [9.17, 15) is 13.2 Å². The molecule has 1 saturated heterocycles. The Bertz CT molecular complexity index is 557. The van der Waals surface area contributed by atoms with Crippen molar-refractivity contribution in [2.24, 2.45) is 0 Å². The van der Waals surface area contributed by atoms with Gasteiger partial charge < -0.3 is 9.64 Å². The van der Waals surface area contributed by atoms with E-state index in [2.05, 4.69) is 0 Å². The fourth-order valence-electron chi connectivity index (χ4n) is 2.29. The van der Waals surface area contributed by atoms with Crippen LogP contribution in [0.2, 0.25) is 0 Å². The minimum Gasteiger partial charge on any atom is -0.445 e. The Hall–Kier alpha value is -1.60. The molecular formula is C13H17NO5S. The average Bonchev–Trinajstić information content (AvgIpc) is 2.83. The van der Waals surface area contributed by atoms with Gasteiger partial charge in [0, 0.05) is 6.54 Å². The zero-order chi connectivity index (χ0) is 14.6. The second kappa shape index (κ2) is 6.23. The Morgan fingerprint density at radius 2 is 2.05 bits per heavy atom. The van der Waals surface area contributed by atoms with Crippen LogP contribution in [0.25, 0.3) is 0 Å². The number of amides is 1. The number of nitrogens with zero attached hydrogens (tertiary/aromatic N) is 1. The van der Waals surface area contributed by atoms with Gasteiger partial charge in [-0.05, 0) is 18.4 Å². The van der Waals surface area contributed by atoms with Gasteiger partial charge in [-0.25, -0.2) is 4.79 Å². The number of ether oxygens (including phenoxy) is 1. The highest BCUT2D eigenvalue weighted by Crippen LogP contribution is 2.20. The lowest BCUT2D eigenvalue weighted by atomic mass is 10.2. The molecule has 0 bridgehead atoms. The van der Waals surface area contributed by atoms with Crippen molar-refractivity contribution in [3.63, 3.8) is 0 Å². The SMILES string of the molecule is O=C(OCc1ccccc1)N1CCCC1CS(=O)(=O)O. The van der Waals surface area contributed by atoms with Gasteiger partial charge in [0.2, 0.25) is 0 Å². The second-order valence-corrected chi connectivity index (χ2v) is 6.28. The summed E-state index contributed by atoms with van der Waals surface area (Å²) in [5.41, 5.74) is 0.867. The van der Waals surface area contributed by atoms with E-state index in [0.717, 1.165) is 5.56 Å². The Morgan fingerprint density at radius 1 is 1.35 bits per heavy atom. The summed E-state index contributed by atoms with van der Waals surface area (Å²) in [4.78, 5) is 13.3. The summed E-state index contributed by atoms with van der Waals surface area (Å²) in [6.45, 7) is 0.600. The minimum absolute atomic E-state index is 0.148. The molecule has 1 fully saturated rings. The van der Waals surface area contributed by atoms with Gasteiger partial charge in [-0.1, -0.05) is 30.3 Å². The van der Waals surface area contributed by atoms with E-state index in [1.807, 2.05) is 30.3 Å². The summed E-state index contributed by atoms with van der Waals surface area (Å²) in [6, 6.07) is 8.74. The Kier molecular flexibility index (Phi) is 4.61. The molecule has 1 aromatic carbocycles. The largest absolute Gasteiger partial charge is 0.445 e. The smallest absolute Gasteiger partial charge is 0.410 e. The van der Waals surface area contributed by atoms with Crippen molar-refractivity contribution in [3.05, 3.63) is 35.9 Å². The van der Waals surface area contributed by atoms with Crippen LogP contribution in [0.15, 0.2) is 30.3 Å². The Balaban J connectivity index is 1.91. The van der Waals surface area contributed by atoms with Crippen LogP contribution in [-0.4, -0.2) is 42.3 Å². The first-order valence-corrected chi connectivity index (χ1v) is 7.99. The van der Waals surface area contributed by atoms with Crippen molar-refractivity contribution < 1.29 is 22.5 Å². The number of carbonyl (C=O) groups is 1. The van der Waals surface area contributed by atoms with Gasteiger partial charge in [0.1, 0.15) is 6.61 Å². The minimum atomic E-state index is -4.09. The highest BCUT2D eigenvalue weighted by atomic mass is 32.2. The van der Waals surface area contributed by atoms with Gasteiger partial charge >= 0.3 is 6.09 Å². The van der Waals surface area contributed by atoms with Crippen LogP contribution in [0.3, 0.4) is 0 Å². The molecule has 1 N–H and O–H groups in total. The summed E-state index contributed by atoms with van der Waals surface area (Å²) in [6.07, 6.45) is 0.723. The van der Waals surface area contributed by atoms with E-state index in [-0.39, 0.29) is 6.61 Å². The second-order valence-electron chi connectivity index (χ2n) is 4.78. The van der Waals surface area contributed by atoms with Crippen molar-refractivity contribution in [1.29, 1.82) is 0 Å². The monoisotopic (exact) mass is 299 g/mol. The van der Waals surface area contributed by atoms with Crippen molar-refractivity contribution in [3.8, 4) is 0 Å². The number of likely N-dealkylation sites (tertiary alicyclic amines) is 1. The van der Waals surface area contributed by atoms with Gasteiger partial charge in [-0.3, -0.25) is 4.55 Å². The third kappa shape index (κ3) is 4.21. The molecule has 1 atom stereocenters. The maximum atomic E-state index is 11.9. The fourth-order valence-corrected chi connectivity index (χ4v) is 3.13. The first-order valence-electron chi connectivity index (χ1n) is 6.38. The molecule has 0 aromatic heterocycles. The number of hydrogen-bond donors (Lipinski definition) is 1. The van der Waals surface area contributed by atoms with Crippen LogP contribution in [-0.2, 0) is 21.5 Å². The molecule has 0 radical (unpaired) electrons. The van der Waals surface area contributed by atoms with Gasteiger partial charge in [-0.15, -0.1) is 0 Å². The van der Waals surface area contributed by atoms with Crippen LogP contribution < -0.4 is 0 Å². The van der Waals surface area contributed by atoms with Crippen molar-refractivity contribution in [1.82, 2.24) is 4.90 Å². The van der Waals surface area contributed by atoms with Crippen LogP contribution in [0.1, 0.15) is 18.4 Å². The van der Waals surface area contributed by atoms with Crippen molar-refractivity contribution in [2.75, 3.05) is 12.3 Å². The molecule has 0 aliphatic carbocycles. The molecule has 2 rings (SSSR count). The third-order valence-electron chi connectivity index (χ3n) is 3.22. The van der Waals surface area contributed by atoms with Gasteiger partial charge in [0.25, 0.3) is 10.1 Å². The molecular weight excluding hydrogens is 282 g/mol. The van der Waals surface area contributed by atoms with Crippen LogP contribution >= 0.6 is 0 Å². The number of benzene rings is 1. The van der Waals surface area contributed by atoms with Crippen LogP contribution in [0, 0.1) is 0 Å². The summed E-state index contributed by atoms with van der Waals surface area (Å²) >= 11 is 0.